The van der Waals surface area contributed by atoms with Gasteiger partial charge in [-0.15, -0.1) is 0 Å². The smallest absolute Gasteiger partial charge is 0.257 e. The minimum Gasteiger partial charge on any atom is -0.360 e. The summed E-state index contributed by atoms with van der Waals surface area (Å²) in [7, 11) is 1.92. The van der Waals surface area contributed by atoms with E-state index in [1.54, 1.807) is 23.1 Å². The predicted molar refractivity (Wildman–Crippen MR) is 95.6 cm³/mol. The Kier molecular flexibility index (Phi) is 5.14. The van der Waals surface area contributed by atoms with E-state index in [1.807, 2.05) is 13.1 Å². The van der Waals surface area contributed by atoms with Crippen LogP contribution in [0.15, 0.2) is 35.3 Å². The second-order valence-electron chi connectivity index (χ2n) is 6.20. The lowest BCUT2D eigenvalue weighted by molar-refractivity contribution is -0.131. The van der Waals surface area contributed by atoms with E-state index < -0.39 is 5.91 Å². The predicted octanol–water partition coefficient (Wildman–Crippen LogP) is 0.468. The number of amides is 2. The van der Waals surface area contributed by atoms with E-state index in [4.69, 9.17) is 0 Å². The topological polar surface area (TPSA) is 94.3 Å². The molecule has 7 nitrogen and oxygen atoms in total. The van der Waals surface area contributed by atoms with Crippen molar-refractivity contribution in [3.63, 3.8) is 0 Å². The highest BCUT2D eigenvalue weighted by atomic mass is 16.2. The van der Waals surface area contributed by atoms with Gasteiger partial charge in [0.05, 0.1) is 6.54 Å². The van der Waals surface area contributed by atoms with E-state index in [0.29, 0.717) is 30.0 Å². The Hall–Kier alpha value is -2.67. The summed E-state index contributed by atoms with van der Waals surface area (Å²) in [5, 5.41) is 6.23. The Bertz CT molecular complexity index is 838. The van der Waals surface area contributed by atoms with Crippen molar-refractivity contribution in [2.45, 2.75) is 18.9 Å². The van der Waals surface area contributed by atoms with Crippen LogP contribution in [0, 0.1) is 0 Å². The number of hydrogen-bond donors (Lipinski definition) is 3. The molecule has 3 rings (SSSR count). The van der Waals surface area contributed by atoms with Gasteiger partial charge in [-0.1, -0.05) is 12.1 Å². The number of pyridine rings is 1. The average Bonchev–Trinajstić information content (AvgIpc) is 2.66. The first-order valence-corrected chi connectivity index (χ1v) is 8.44. The molecule has 132 valence electrons. The summed E-state index contributed by atoms with van der Waals surface area (Å²) in [6.07, 6.45) is 3.20. The molecule has 1 aromatic carbocycles. The number of para-hydroxylation sites is 1. The van der Waals surface area contributed by atoms with Crippen molar-refractivity contribution in [2.24, 2.45) is 0 Å². The molecule has 1 fully saturated rings. The van der Waals surface area contributed by atoms with Gasteiger partial charge >= 0.3 is 0 Å². The van der Waals surface area contributed by atoms with Crippen LogP contribution in [0.25, 0.3) is 10.9 Å². The highest BCUT2D eigenvalue weighted by Gasteiger charge is 2.22. The summed E-state index contributed by atoms with van der Waals surface area (Å²) in [6.45, 7) is 1.25. The molecular weight excluding hydrogens is 320 g/mol. The van der Waals surface area contributed by atoms with E-state index in [-0.39, 0.29) is 23.4 Å². The molecule has 0 atom stereocenters. The van der Waals surface area contributed by atoms with Crippen molar-refractivity contribution in [1.29, 1.82) is 0 Å². The minimum absolute atomic E-state index is 0.0143. The number of aromatic nitrogens is 1. The number of fused-ring (bicyclic) bond motifs is 1. The van der Waals surface area contributed by atoms with Gasteiger partial charge in [0.2, 0.25) is 11.3 Å². The summed E-state index contributed by atoms with van der Waals surface area (Å²) >= 11 is 0. The zero-order chi connectivity index (χ0) is 17.8. The van der Waals surface area contributed by atoms with Crippen LogP contribution in [0.2, 0.25) is 0 Å². The van der Waals surface area contributed by atoms with Crippen molar-refractivity contribution in [3.8, 4) is 0 Å². The molecule has 0 radical (unpaired) electrons. The number of carbonyl (C=O) groups excluding carboxylic acids is 2. The summed E-state index contributed by atoms with van der Waals surface area (Å²) in [5.74, 6) is -0.661. The molecule has 7 heteroatoms. The standard InChI is InChI=1S/C18H22N4O3/c1-19-12-6-8-22(9-7-12)16(23)11-21-18(25)14-10-20-15-5-3-2-4-13(15)17(14)24/h2-5,10,12,19H,6-9,11H2,1H3,(H,20,24)(H,21,25). The lowest BCUT2D eigenvalue weighted by Gasteiger charge is -2.31. The summed E-state index contributed by atoms with van der Waals surface area (Å²) < 4.78 is 0. The largest absolute Gasteiger partial charge is 0.360 e. The lowest BCUT2D eigenvalue weighted by atomic mass is 10.1. The van der Waals surface area contributed by atoms with Crippen molar-refractivity contribution in [2.75, 3.05) is 26.7 Å². The molecular formula is C18H22N4O3. The van der Waals surface area contributed by atoms with E-state index in [2.05, 4.69) is 15.6 Å². The molecule has 1 saturated heterocycles. The molecule has 2 heterocycles. The quantitative estimate of drug-likeness (QED) is 0.753. The first-order chi connectivity index (χ1) is 12.1. The van der Waals surface area contributed by atoms with Gasteiger partial charge in [-0.2, -0.15) is 0 Å². The van der Waals surface area contributed by atoms with Crippen molar-refractivity contribution in [3.05, 3.63) is 46.2 Å². The second kappa shape index (κ2) is 7.48. The van der Waals surface area contributed by atoms with Gasteiger partial charge in [-0.05, 0) is 32.0 Å². The molecule has 2 amide bonds. The number of H-pyrrole nitrogens is 1. The maximum atomic E-state index is 12.4. The molecule has 0 unspecified atom stereocenters. The number of benzene rings is 1. The van der Waals surface area contributed by atoms with Crippen LogP contribution in [0.4, 0.5) is 0 Å². The number of carbonyl (C=O) groups is 2. The van der Waals surface area contributed by atoms with Crippen LogP contribution in [-0.2, 0) is 4.79 Å². The highest BCUT2D eigenvalue weighted by Crippen LogP contribution is 2.10. The van der Waals surface area contributed by atoms with Gasteiger partial charge in [-0.25, -0.2) is 0 Å². The van der Waals surface area contributed by atoms with Gasteiger partial charge in [-0.3, -0.25) is 14.4 Å². The molecule has 3 N–H and O–H groups in total. The molecule has 0 bridgehead atoms. The minimum atomic E-state index is -0.537. The van der Waals surface area contributed by atoms with Crippen LogP contribution in [0.3, 0.4) is 0 Å². The van der Waals surface area contributed by atoms with Crippen molar-refractivity contribution in [1.82, 2.24) is 20.5 Å². The fourth-order valence-electron chi connectivity index (χ4n) is 3.12. The SMILES string of the molecule is CNC1CCN(C(=O)CNC(=O)c2c[nH]c3ccccc3c2=O)CC1. The number of likely N-dealkylation sites (tertiary alicyclic amines) is 1. The second-order valence-corrected chi connectivity index (χ2v) is 6.20. The fourth-order valence-corrected chi connectivity index (χ4v) is 3.12. The van der Waals surface area contributed by atoms with Gasteiger partial charge in [0, 0.05) is 36.2 Å². The fraction of sp³-hybridized carbons (Fsp3) is 0.389. The molecule has 1 aliphatic heterocycles. The van der Waals surface area contributed by atoms with Crippen LogP contribution >= 0.6 is 0 Å². The zero-order valence-corrected chi connectivity index (χ0v) is 14.2. The van der Waals surface area contributed by atoms with E-state index in [0.717, 1.165) is 12.8 Å². The van der Waals surface area contributed by atoms with E-state index in [9.17, 15) is 14.4 Å². The number of aromatic amines is 1. The van der Waals surface area contributed by atoms with Gasteiger partial charge in [0.15, 0.2) is 0 Å². The Morgan fingerprint density at radius 3 is 2.68 bits per heavy atom. The molecule has 0 aliphatic carbocycles. The average molecular weight is 342 g/mol. The van der Waals surface area contributed by atoms with Gasteiger partial charge in [0.1, 0.15) is 5.56 Å². The Morgan fingerprint density at radius 1 is 1.24 bits per heavy atom. The van der Waals surface area contributed by atoms with Crippen molar-refractivity contribution >= 4 is 22.7 Å². The Balaban J connectivity index is 1.62. The van der Waals surface area contributed by atoms with Crippen LogP contribution < -0.4 is 16.1 Å². The third kappa shape index (κ3) is 3.71. The number of hydrogen-bond acceptors (Lipinski definition) is 4. The monoisotopic (exact) mass is 342 g/mol. The van der Waals surface area contributed by atoms with E-state index in [1.165, 1.54) is 6.20 Å². The molecule has 2 aromatic rings. The summed E-state index contributed by atoms with van der Waals surface area (Å²) in [6, 6.07) is 7.44. The Morgan fingerprint density at radius 2 is 1.96 bits per heavy atom. The maximum Gasteiger partial charge on any atom is 0.257 e. The van der Waals surface area contributed by atoms with Crippen LogP contribution in [0.1, 0.15) is 23.2 Å². The van der Waals surface area contributed by atoms with Crippen LogP contribution in [0.5, 0.6) is 0 Å². The normalized spacial score (nSPS) is 15.3. The number of nitrogens with zero attached hydrogens (tertiary/aromatic N) is 1. The first-order valence-electron chi connectivity index (χ1n) is 8.44. The maximum absolute atomic E-state index is 12.4. The molecule has 25 heavy (non-hydrogen) atoms. The number of piperidine rings is 1. The third-order valence-electron chi connectivity index (χ3n) is 4.69. The molecule has 0 spiro atoms. The zero-order valence-electron chi connectivity index (χ0n) is 14.2. The Labute approximate surface area is 145 Å². The first kappa shape index (κ1) is 17.2. The summed E-state index contributed by atoms with van der Waals surface area (Å²) in [4.78, 5) is 41.6. The van der Waals surface area contributed by atoms with Crippen molar-refractivity contribution < 1.29 is 9.59 Å². The van der Waals surface area contributed by atoms with Gasteiger partial charge < -0.3 is 20.5 Å². The number of rotatable bonds is 4. The van der Waals surface area contributed by atoms with E-state index >= 15 is 0 Å². The molecule has 0 saturated carbocycles. The lowest BCUT2D eigenvalue weighted by Crippen LogP contribution is -2.47. The van der Waals surface area contributed by atoms with Gasteiger partial charge in [0.25, 0.3) is 5.91 Å². The third-order valence-corrected chi connectivity index (χ3v) is 4.69. The number of nitrogens with one attached hydrogen (secondary N) is 3. The molecule has 1 aromatic heterocycles. The molecule has 1 aliphatic rings. The highest BCUT2D eigenvalue weighted by molar-refractivity contribution is 5.98. The van der Waals surface area contributed by atoms with Crippen LogP contribution in [-0.4, -0.2) is 54.4 Å². The summed E-state index contributed by atoms with van der Waals surface area (Å²) in [5.41, 5.74) is 0.349.